The summed E-state index contributed by atoms with van der Waals surface area (Å²) in [6.45, 7) is 2.15. The predicted octanol–water partition coefficient (Wildman–Crippen LogP) is 1.34. The third-order valence-corrected chi connectivity index (χ3v) is 5.13. The van der Waals surface area contributed by atoms with E-state index in [-0.39, 0.29) is 0 Å². The largest absolute Gasteiger partial charge is 0.258 e. The zero-order chi connectivity index (χ0) is 11.7. The molecule has 0 aromatic rings. The molecule has 0 amide bonds. The molecule has 0 saturated carbocycles. The first-order valence-electron chi connectivity index (χ1n) is 5.31. The van der Waals surface area contributed by atoms with Crippen LogP contribution in [0.5, 0.6) is 0 Å². The van der Waals surface area contributed by atoms with Crippen LogP contribution in [0.4, 0.5) is 0 Å². The second kappa shape index (κ2) is 8.24. The Hall–Kier alpha value is 0.0600. The molecule has 15 heavy (non-hydrogen) atoms. The number of primary sulfonamides is 1. The standard InChI is InChI=1S/C9H21NO3S2/c1-2-3-4-5-6-7-8-14(11)9-15(10,12)13/h2-9H2,1H3,(H2,10,12,13). The number of hydrogen-bond acceptors (Lipinski definition) is 3. The Morgan fingerprint density at radius 3 is 2.13 bits per heavy atom. The topological polar surface area (TPSA) is 77.2 Å². The molecule has 0 heterocycles. The predicted molar refractivity (Wildman–Crippen MR) is 64.4 cm³/mol. The number of unbranched alkanes of at least 4 members (excludes halogenated alkanes) is 5. The van der Waals surface area contributed by atoms with Crippen LogP contribution >= 0.6 is 0 Å². The fourth-order valence-corrected chi connectivity index (χ4v) is 3.75. The lowest BCUT2D eigenvalue weighted by molar-refractivity contribution is 0.601. The van der Waals surface area contributed by atoms with Gasteiger partial charge in [0, 0.05) is 16.6 Å². The van der Waals surface area contributed by atoms with Crippen molar-refractivity contribution in [2.75, 3.05) is 10.8 Å². The van der Waals surface area contributed by atoms with Crippen molar-refractivity contribution in [1.29, 1.82) is 0 Å². The molecule has 0 bridgehead atoms. The minimum Gasteiger partial charge on any atom is -0.258 e. The van der Waals surface area contributed by atoms with Crippen LogP contribution in [-0.4, -0.2) is 23.5 Å². The van der Waals surface area contributed by atoms with Crippen molar-refractivity contribution in [2.45, 2.75) is 45.4 Å². The van der Waals surface area contributed by atoms with E-state index in [9.17, 15) is 12.6 Å². The number of rotatable bonds is 9. The van der Waals surface area contributed by atoms with Gasteiger partial charge in [-0.05, 0) is 6.42 Å². The quantitative estimate of drug-likeness (QED) is 0.632. The maximum atomic E-state index is 11.2. The van der Waals surface area contributed by atoms with Crippen molar-refractivity contribution in [3.05, 3.63) is 0 Å². The van der Waals surface area contributed by atoms with E-state index in [2.05, 4.69) is 6.92 Å². The van der Waals surface area contributed by atoms with E-state index in [1.807, 2.05) is 0 Å². The van der Waals surface area contributed by atoms with Crippen LogP contribution in [0.2, 0.25) is 0 Å². The van der Waals surface area contributed by atoms with Crippen molar-refractivity contribution in [3.63, 3.8) is 0 Å². The van der Waals surface area contributed by atoms with Crippen LogP contribution < -0.4 is 5.14 Å². The first-order chi connectivity index (χ1) is 6.95. The summed E-state index contributed by atoms with van der Waals surface area (Å²) in [6, 6.07) is 0. The number of hydrogen-bond donors (Lipinski definition) is 1. The highest BCUT2D eigenvalue weighted by Gasteiger charge is 2.08. The van der Waals surface area contributed by atoms with E-state index in [1.54, 1.807) is 0 Å². The Balaban J connectivity index is 3.40. The molecule has 0 saturated heterocycles. The van der Waals surface area contributed by atoms with E-state index in [0.717, 1.165) is 19.3 Å². The molecular formula is C9H21NO3S2. The Bertz CT molecular complexity index is 275. The second-order valence-corrected chi connectivity index (χ2v) is 7.25. The van der Waals surface area contributed by atoms with Gasteiger partial charge in [-0.15, -0.1) is 0 Å². The lowest BCUT2D eigenvalue weighted by atomic mass is 10.1. The summed E-state index contributed by atoms with van der Waals surface area (Å²) in [7, 11) is -4.88. The van der Waals surface area contributed by atoms with Gasteiger partial charge >= 0.3 is 0 Å². The van der Waals surface area contributed by atoms with Crippen molar-refractivity contribution in [3.8, 4) is 0 Å². The zero-order valence-electron chi connectivity index (χ0n) is 9.28. The third kappa shape index (κ3) is 12.0. The van der Waals surface area contributed by atoms with Crippen LogP contribution in [0, 0.1) is 0 Å². The summed E-state index contributed by atoms with van der Waals surface area (Å²) in [6.07, 6.45) is 6.64. The zero-order valence-corrected chi connectivity index (χ0v) is 10.9. The van der Waals surface area contributed by atoms with Crippen molar-refractivity contribution in [1.82, 2.24) is 0 Å². The fraction of sp³-hybridized carbons (Fsp3) is 1.00. The van der Waals surface area contributed by atoms with Crippen LogP contribution in [0.15, 0.2) is 0 Å². The van der Waals surface area contributed by atoms with Crippen molar-refractivity contribution >= 4 is 20.8 Å². The van der Waals surface area contributed by atoms with Gasteiger partial charge in [-0.25, -0.2) is 13.6 Å². The molecule has 1 atom stereocenters. The van der Waals surface area contributed by atoms with Crippen molar-refractivity contribution in [2.24, 2.45) is 5.14 Å². The van der Waals surface area contributed by atoms with Crippen LogP contribution in [-0.2, 0) is 20.8 Å². The molecule has 0 radical (unpaired) electrons. The van der Waals surface area contributed by atoms with Gasteiger partial charge in [0.1, 0.15) is 5.08 Å². The van der Waals surface area contributed by atoms with E-state index in [0.29, 0.717) is 5.75 Å². The minimum absolute atomic E-state index is 0.401. The van der Waals surface area contributed by atoms with Crippen LogP contribution in [0.3, 0.4) is 0 Å². The molecular weight excluding hydrogens is 234 g/mol. The summed E-state index contributed by atoms with van der Waals surface area (Å²) in [5.74, 6) is 0.447. The van der Waals surface area contributed by atoms with Gasteiger partial charge in [0.2, 0.25) is 10.0 Å². The summed E-state index contributed by atoms with van der Waals surface area (Å²) in [5, 5.41) is 4.38. The Labute approximate surface area is 95.1 Å². The molecule has 1 unspecified atom stereocenters. The minimum atomic E-state index is -3.57. The molecule has 6 heteroatoms. The molecule has 92 valence electrons. The number of nitrogens with two attached hydrogens (primary N) is 1. The highest BCUT2D eigenvalue weighted by Crippen LogP contribution is 2.05. The molecule has 4 nitrogen and oxygen atoms in total. The highest BCUT2D eigenvalue weighted by molar-refractivity contribution is 8.04. The normalized spacial score (nSPS) is 14.0. The summed E-state index contributed by atoms with van der Waals surface area (Å²) in [5.41, 5.74) is 0. The maximum Gasteiger partial charge on any atom is 0.221 e. The number of sulfonamides is 1. The highest BCUT2D eigenvalue weighted by atomic mass is 32.3. The molecule has 0 rings (SSSR count). The van der Waals surface area contributed by atoms with Gasteiger partial charge < -0.3 is 0 Å². The third-order valence-electron chi connectivity index (χ3n) is 2.02. The second-order valence-electron chi connectivity index (χ2n) is 3.69. The Morgan fingerprint density at radius 2 is 1.60 bits per heavy atom. The molecule has 0 aromatic heterocycles. The van der Waals surface area contributed by atoms with Gasteiger partial charge in [-0.3, -0.25) is 4.21 Å². The first-order valence-corrected chi connectivity index (χ1v) is 8.51. The molecule has 0 fully saturated rings. The van der Waals surface area contributed by atoms with Gasteiger partial charge in [0.25, 0.3) is 0 Å². The average Bonchev–Trinajstić information content (AvgIpc) is 2.08. The summed E-state index contributed by atoms with van der Waals surface area (Å²) >= 11 is 0. The smallest absolute Gasteiger partial charge is 0.221 e. The molecule has 2 N–H and O–H groups in total. The van der Waals surface area contributed by atoms with E-state index >= 15 is 0 Å². The summed E-state index contributed by atoms with van der Waals surface area (Å²) < 4.78 is 32.4. The first kappa shape index (κ1) is 15.1. The molecule has 0 aromatic carbocycles. The van der Waals surface area contributed by atoms with E-state index in [4.69, 9.17) is 5.14 Å². The van der Waals surface area contributed by atoms with E-state index in [1.165, 1.54) is 19.3 Å². The van der Waals surface area contributed by atoms with Gasteiger partial charge in [-0.1, -0.05) is 39.0 Å². The average molecular weight is 255 g/mol. The molecule has 0 aliphatic heterocycles. The van der Waals surface area contributed by atoms with E-state index < -0.39 is 25.9 Å². The molecule has 0 aliphatic carbocycles. The van der Waals surface area contributed by atoms with Gasteiger partial charge in [0.15, 0.2) is 0 Å². The van der Waals surface area contributed by atoms with Gasteiger partial charge in [-0.2, -0.15) is 0 Å². The van der Waals surface area contributed by atoms with Gasteiger partial charge in [0.05, 0.1) is 0 Å². The summed E-state index contributed by atoms with van der Waals surface area (Å²) in [4.78, 5) is 0. The van der Waals surface area contributed by atoms with Crippen molar-refractivity contribution < 1.29 is 12.6 Å². The monoisotopic (exact) mass is 255 g/mol. The molecule has 0 spiro atoms. The fourth-order valence-electron chi connectivity index (χ4n) is 1.29. The lowest BCUT2D eigenvalue weighted by Gasteiger charge is -2.01. The maximum absolute atomic E-state index is 11.2. The Kier molecular flexibility index (Phi) is 8.27. The van der Waals surface area contributed by atoms with Crippen LogP contribution in [0.1, 0.15) is 45.4 Å². The Morgan fingerprint density at radius 1 is 1.07 bits per heavy atom. The molecule has 0 aliphatic rings. The van der Waals surface area contributed by atoms with Crippen LogP contribution in [0.25, 0.3) is 0 Å². The SMILES string of the molecule is CCCCCCCCS(=O)CS(N)(=O)=O. The lowest BCUT2D eigenvalue weighted by Crippen LogP contribution is -2.21.